The van der Waals surface area contributed by atoms with Gasteiger partial charge in [0.2, 0.25) is 0 Å². The molecule has 0 saturated carbocycles. The fourth-order valence-electron chi connectivity index (χ4n) is 1.15. The number of unbranched alkanes of at least 4 members (excludes halogenated alkanes) is 1. The highest BCUT2D eigenvalue weighted by Crippen LogP contribution is 2.18. The van der Waals surface area contributed by atoms with Gasteiger partial charge in [0.25, 0.3) is 0 Å². The SMILES string of the molecule is CCCCc1ncc(Br)c(NCC)n1. The van der Waals surface area contributed by atoms with Crippen molar-refractivity contribution < 1.29 is 0 Å². The molecule has 0 fully saturated rings. The number of aryl methyl sites for hydroxylation is 1. The molecule has 0 unspecified atom stereocenters. The van der Waals surface area contributed by atoms with Gasteiger partial charge >= 0.3 is 0 Å². The van der Waals surface area contributed by atoms with E-state index in [0.29, 0.717) is 0 Å². The molecule has 1 aromatic rings. The summed E-state index contributed by atoms with van der Waals surface area (Å²) in [7, 11) is 0. The highest BCUT2D eigenvalue weighted by atomic mass is 79.9. The minimum Gasteiger partial charge on any atom is -0.369 e. The third kappa shape index (κ3) is 3.25. The van der Waals surface area contributed by atoms with Crippen molar-refractivity contribution in [3.8, 4) is 0 Å². The van der Waals surface area contributed by atoms with Gasteiger partial charge in [-0.15, -0.1) is 0 Å². The summed E-state index contributed by atoms with van der Waals surface area (Å²) in [5.41, 5.74) is 0. The lowest BCUT2D eigenvalue weighted by Gasteiger charge is -2.06. The van der Waals surface area contributed by atoms with Crippen LogP contribution in [-0.4, -0.2) is 16.5 Å². The second-order valence-corrected chi connectivity index (χ2v) is 3.97. The van der Waals surface area contributed by atoms with Crippen LogP contribution in [0.1, 0.15) is 32.5 Å². The van der Waals surface area contributed by atoms with E-state index < -0.39 is 0 Å². The van der Waals surface area contributed by atoms with Crippen molar-refractivity contribution in [2.45, 2.75) is 33.1 Å². The number of nitrogens with zero attached hydrogens (tertiary/aromatic N) is 2. The molecule has 0 spiro atoms. The van der Waals surface area contributed by atoms with Crippen molar-refractivity contribution in [3.05, 3.63) is 16.5 Å². The number of hydrogen-bond acceptors (Lipinski definition) is 3. The van der Waals surface area contributed by atoms with E-state index in [4.69, 9.17) is 0 Å². The number of hydrogen-bond donors (Lipinski definition) is 1. The molecule has 0 saturated heterocycles. The van der Waals surface area contributed by atoms with Crippen LogP contribution in [0.25, 0.3) is 0 Å². The maximum Gasteiger partial charge on any atom is 0.144 e. The molecule has 0 aliphatic rings. The number of aromatic nitrogens is 2. The number of rotatable bonds is 5. The normalized spacial score (nSPS) is 10.2. The quantitative estimate of drug-likeness (QED) is 0.882. The Balaban J connectivity index is 2.72. The molecule has 78 valence electrons. The molecule has 0 radical (unpaired) electrons. The Kier molecular flexibility index (Phi) is 4.87. The Morgan fingerprint density at radius 3 is 2.86 bits per heavy atom. The largest absolute Gasteiger partial charge is 0.369 e. The molecule has 0 aliphatic heterocycles. The van der Waals surface area contributed by atoms with E-state index in [1.165, 1.54) is 6.42 Å². The average Bonchev–Trinajstić information content (AvgIpc) is 2.19. The Hall–Kier alpha value is -0.640. The van der Waals surface area contributed by atoms with E-state index >= 15 is 0 Å². The van der Waals surface area contributed by atoms with Crippen molar-refractivity contribution in [2.24, 2.45) is 0 Å². The van der Waals surface area contributed by atoms with Gasteiger partial charge in [-0.2, -0.15) is 0 Å². The fourth-order valence-corrected chi connectivity index (χ4v) is 1.48. The molecule has 4 heteroatoms. The molecule has 1 heterocycles. The summed E-state index contributed by atoms with van der Waals surface area (Å²) in [6.45, 7) is 5.10. The molecule has 0 aromatic carbocycles. The van der Waals surface area contributed by atoms with E-state index in [9.17, 15) is 0 Å². The van der Waals surface area contributed by atoms with Crippen LogP contribution >= 0.6 is 15.9 Å². The van der Waals surface area contributed by atoms with Gasteiger partial charge in [0.1, 0.15) is 11.6 Å². The molecular weight excluding hydrogens is 242 g/mol. The van der Waals surface area contributed by atoms with Crippen LogP contribution in [0, 0.1) is 0 Å². The Bertz CT molecular complexity index is 289. The minimum atomic E-state index is 0.878. The Morgan fingerprint density at radius 2 is 2.21 bits per heavy atom. The summed E-state index contributed by atoms with van der Waals surface area (Å²) in [5, 5.41) is 3.19. The first kappa shape index (κ1) is 11.4. The number of anilines is 1. The Labute approximate surface area is 93.5 Å². The minimum absolute atomic E-state index is 0.878. The van der Waals surface area contributed by atoms with Crippen molar-refractivity contribution in [2.75, 3.05) is 11.9 Å². The number of halogens is 1. The topological polar surface area (TPSA) is 37.8 Å². The zero-order valence-electron chi connectivity index (χ0n) is 8.68. The highest BCUT2D eigenvalue weighted by Gasteiger charge is 2.03. The van der Waals surface area contributed by atoms with Crippen LogP contribution in [0.5, 0.6) is 0 Å². The van der Waals surface area contributed by atoms with Crippen molar-refractivity contribution in [3.63, 3.8) is 0 Å². The molecule has 0 bridgehead atoms. The van der Waals surface area contributed by atoms with E-state index in [-0.39, 0.29) is 0 Å². The van der Waals surface area contributed by atoms with E-state index in [1.807, 2.05) is 6.20 Å². The molecule has 1 N–H and O–H groups in total. The molecular formula is C10H16BrN3. The lowest BCUT2D eigenvalue weighted by Crippen LogP contribution is -2.04. The van der Waals surface area contributed by atoms with Crippen molar-refractivity contribution >= 4 is 21.7 Å². The van der Waals surface area contributed by atoms with E-state index in [2.05, 4.69) is 45.1 Å². The third-order valence-electron chi connectivity index (χ3n) is 1.89. The van der Waals surface area contributed by atoms with Gasteiger partial charge in [-0.3, -0.25) is 0 Å². The van der Waals surface area contributed by atoms with Gasteiger partial charge in [0, 0.05) is 19.2 Å². The predicted molar refractivity (Wildman–Crippen MR) is 62.5 cm³/mol. The first-order valence-corrected chi connectivity index (χ1v) is 5.82. The van der Waals surface area contributed by atoms with Gasteiger partial charge in [0.15, 0.2) is 0 Å². The summed E-state index contributed by atoms with van der Waals surface area (Å²) >= 11 is 3.41. The third-order valence-corrected chi connectivity index (χ3v) is 2.47. The zero-order valence-corrected chi connectivity index (χ0v) is 10.3. The first-order chi connectivity index (χ1) is 6.77. The zero-order chi connectivity index (χ0) is 10.4. The van der Waals surface area contributed by atoms with Crippen molar-refractivity contribution in [1.29, 1.82) is 0 Å². The smallest absolute Gasteiger partial charge is 0.144 e. The fraction of sp³-hybridized carbons (Fsp3) is 0.600. The summed E-state index contributed by atoms with van der Waals surface area (Å²) in [4.78, 5) is 8.69. The van der Waals surface area contributed by atoms with Gasteiger partial charge in [0.05, 0.1) is 4.47 Å². The first-order valence-electron chi connectivity index (χ1n) is 5.03. The molecule has 3 nitrogen and oxygen atoms in total. The van der Waals surface area contributed by atoms with Gasteiger partial charge in [-0.25, -0.2) is 9.97 Å². The van der Waals surface area contributed by atoms with Crippen molar-refractivity contribution in [1.82, 2.24) is 9.97 Å². The van der Waals surface area contributed by atoms with Crippen LogP contribution in [0.2, 0.25) is 0 Å². The average molecular weight is 258 g/mol. The van der Waals surface area contributed by atoms with Crippen LogP contribution < -0.4 is 5.32 Å². The maximum absolute atomic E-state index is 4.43. The standard InChI is InChI=1S/C10H16BrN3/c1-3-5-6-9-13-7-8(11)10(14-9)12-4-2/h7H,3-6H2,1-2H3,(H,12,13,14). The maximum atomic E-state index is 4.43. The summed E-state index contributed by atoms with van der Waals surface area (Å²) in [6.07, 6.45) is 5.10. The Morgan fingerprint density at radius 1 is 1.43 bits per heavy atom. The second kappa shape index (κ2) is 5.96. The monoisotopic (exact) mass is 257 g/mol. The molecule has 0 amide bonds. The highest BCUT2D eigenvalue weighted by molar-refractivity contribution is 9.10. The van der Waals surface area contributed by atoms with E-state index in [0.717, 1.165) is 35.5 Å². The van der Waals surface area contributed by atoms with Crippen LogP contribution in [0.3, 0.4) is 0 Å². The second-order valence-electron chi connectivity index (χ2n) is 3.12. The van der Waals surface area contributed by atoms with Gasteiger partial charge in [-0.1, -0.05) is 13.3 Å². The molecule has 1 aromatic heterocycles. The molecule has 0 aliphatic carbocycles. The predicted octanol–water partition coefficient (Wildman–Crippen LogP) is 3.01. The lowest BCUT2D eigenvalue weighted by atomic mass is 10.2. The van der Waals surface area contributed by atoms with Crippen LogP contribution in [0.4, 0.5) is 5.82 Å². The summed E-state index contributed by atoms with van der Waals surface area (Å²) in [5.74, 6) is 1.82. The summed E-state index contributed by atoms with van der Waals surface area (Å²) in [6, 6.07) is 0. The van der Waals surface area contributed by atoms with Gasteiger partial charge < -0.3 is 5.32 Å². The molecule has 14 heavy (non-hydrogen) atoms. The lowest BCUT2D eigenvalue weighted by molar-refractivity contribution is 0.751. The van der Waals surface area contributed by atoms with E-state index in [1.54, 1.807) is 0 Å². The van der Waals surface area contributed by atoms with Crippen LogP contribution in [0.15, 0.2) is 10.7 Å². The molecule has 0 atom stereocenters. The van der Waals surface area contributed by atoms with Gasteiger partial charge in [-0.05, 0) is 29.3 Å². The molecule has 1 rings (SSSR count). The number of nitrogens with one attached hydrogen (secondary N) is 1. The van der Waals surface area contributed by atoms with Crippen LogP contribution in [-0.2, 0) is 6.42 Å². The summed E-state index contributed by atoms with van der Waals surface area (Å²) < 4.78 is 0.930.